The van der Waals surface area contributed by atoms with Gasteiger partial charge >= 0.3 is 0 Å². The van der Waals surface area contributed by atoms with Crippen LogP contribution >= 0.6 is 0 Å². The number of hydrogen-bond acceptors (Lipinski definition) is 1. The maximum absolute atomic E-state index is 5.71. The second-order valence-electron chi connectivity index (χ2n) is 4.23. The minimum absolute atomic E-state index is 0.806. The van der Waals surface area contributed by atoms with Gasteiger partial charge in [-0.15, -0.1) is 0 Å². The maximum atomic E-state index is 5.71. The zero-order valence-corrected chi connectivity index (χ0v) is 7.84. The molecule has 0 radical (unpaired) electrons. The van der Waals surface area contributed by atoms with Crippen LogP contribution in [0.4, 0.5) is 0 Å². The molecule has 1 rings (SSSR count). The van der Waals surface area contributed by atoms with Crippen LogP contribution in [-0.2, 0) is 0 Å². The lowest BCUT2D eigenvalue weighted by Crippen LogP contribution is -2.20. The van der Waals surface area contributed by atoms with Gasteiger partial charge in [0.2, 0.25) is 0 Å². The molecule has 1 heteroatoms. The quantitative estimate of drug-likeness (QED) is 0.578. The van der Waals surface area contributed by atoms with Crippen molar-refractivity contribution in [3.8, 4) is 0 Å². The molecule has 3 unspecified atom stereocenters. The first-order valence-electron chi connectivity index (χ1n) is 4.94. The van der Waals surface area contributed by atoms with Gasteiger partial charge in [0.05, 0.1) is 0 Å². The van der Waals surface area contributed by atoms with Crippen LogP contribution in [0.5, 0.6) is 0 Å². The second-order valence-corrected chi connectivity index (χ2v) is 4.23. The van der Waals surface area contributed by atoms with Crippen molar-refractivity contribution in [2.75, 3.05) is 6.54 Å². The molecular formula is C10H21N. The summed E-state index contributed by atoms with van der Waals surface area (Å²) in [6.45, 7) is 5.62. The minimum Gasteiger partial charge on any atom is -0.330 e. The fraction of sp³-hybridized carbons (Fsp3) is 1.00. The molecule has 1 saturated carbocycles. The minimum atomic E-state index is 0.806. The average molecular weight is 155 g/mol. The molecule has 0 saturated heterocycles. The van der Waals surface area contributed by atoms with Gasteiger partial charge in [0.25, 0.3) is 0 Å². The van der Waals surface area contributed by atoms with Crippen molar-refractivity contribution in [2.24, 2.45) is 23.5 Å². The highest BCUT2D eigenvalue weighted by molar-refractivity contribution is 4.73. The molecule has 1 fully saturated rings. The van der Waals surface area contributed by atoms with Crippen molar-refractivity contribution < 1.29 is 0 Å². The average Bonchev–Trinajstić information content (AvgIpc) is 2.15. The lowest BCUT2D eigenvalue weighted by Gasteiger charge is -2.18. The first-order chi connectivity index (χ1) is 5.24. The molecule has 0 bridgehead atoms. The summed E-state index contributed by atoms with van der Waals surface area (Å²) in [5.74, 6) is 2.61. The number of hydrogen-bond donors (Lipinski definition) is 1. The lowest BCUT2D eigenvalue weighted by atomic mass is 9.90. The molecule has 66 valence electrons. The molecule has 0 aliphatic heterocycles. The van der Waals surface area contributed by atoms with E-state index in [1.807, 2.05) is 0 Å². The van der Waals surface area contributed by atoms with E-state index in [0.717, 1.165) is 24.3 Å². The Morgan fingerprint density at radius 3 is 2.36 bits per heavy atom. The van der Waals surface area contributed by atoms with Gasteiger partial charge < -0.3 is 5.73 Å². The molecule has 0 aromatic heterocycles. The van der Waals surface area contributed by atoms with Gasteiger partial charge in [-0.1, -0.05) is 33.1 Å². The fourth-order valence-corrected chi connectivity index (χ4v) is 2.06. The van der Waals surface area contributed by atoms with Crippen LogP contribution in [0.25, 0.3) is 0 Å². The van der Waals surface area contributed by atoms with E-state index in [-0.39, 0.29) is 0 Å². The largest absolute Gasteiger partial charge is 0.330 e. The monoisotopic (exact) mass is 155 g/mol. The van der Waals surface area contributed by atoms with E-state index < -0.39 is 0 Å². The molecular weight excluding hydrogens is 134 g/mol. The van der Waals surface area contributed by atoms with Crippen molar-refractivity contribution in [3.05, 3.63) is 0 Å². The maximum Gasteiger partial charge on any atom is -0.00463 e. The zero-order valence-electron chi connectivity index (χ0n) is 7.84. The SMILES string of the molecule is CC1CCC(C)C(CN)CC1. The third kappa shape index (κ3) is 2.48. The summed E-state index contributed by atoms with van der Waals surface area (Å²) in [7, 11) is 0. The normalized spacial score (nSPS) is 40.1. The van der Waals surface area contributed by atoms with Crippen LogP contribution in [0.3, 0.4) is 0 Å². The summed E-state index contributed by atoms with van der Waals surface area (Å²) in [6.07, 6.45) is 5.56. The van der Waals surface area contributed by atoms with Gasteiger partial charge in [0.1, 0.15) is 0 Å². The van der Waals surface area contributed by atoms with E-state index in [4.69, 9.17) is 5.73 Å². The summed E-state index contributed by atoms with van der Waals surface area (Å²) in [5, 5.41) is 0. The molecule has 0 heterocycles. The van der Waals surface area contributed by atoms with Gasteiger partial charge in [-0.05, 0) is 30.7 Å². The van der Waals surface area contributed by atoms with Crippen molar-refractivity contribution in [2.45, 2.75) is 39.5 Å². The van der Waals surface area contributed by atoms with Crippen molar-refractivity contribution >= 4 is 0 Å². The van der Waals surface area contributed by atoms with E-state index in [2.05, 4.69) is 13.8 Å². The first-order valence-corrected chi connectivity index (χ1v) is 4.94. The molecule has 0 aromatic rings. The summed E-state index contributed by atoms with van der Waals surface area (Å²) in [6, 6.07) is 0. The summed E-state index contributed by atoms with van der Waals surface area (Å²) in [5.41, 5.74) is 5.71. The standard InChI is InChI=1S/C10H21N/c1-8-3-5-9(2)10(7-11)6-4-8/h8-10H,3-7,11H2,1-2H3. The smallest absolute Gasteiger partial charge is 0.00463 e. The Labute approximate surface area is 70.4 Å². The molecule has 1 nitrogen and oxygen atoms in total. The topological polar surface area (TPSA) is 26.0 Å². The van der Waals surface area contributed by atoms with Crippen molar-refractivity contribution in [3.63, 3.8) is 0 Å². The zero-order chi connectivity index (χ0) is 8.27. The predicted octanol–water partition coefficient (Wildman–Crippen LogP) is 2.41. The fourth-order valence-electron chi connectivity index (χ4n) is 2.06. The van der Waals surface area contributed by atoms with Crippen LogP contribution in [0.1, 0.15) is 39.5 Å². The second kappa shape index (κ2) is 4.10. The third-order valence-electron chi connectivity index (χ3n) is 3.25. The Morgan fingerprint density at radius 1 is 1.09 bits per heavy atom. The van der Waals surface area contributed by atoms with Gasteiger partial charge in [0.15, 0.2) is 0 Å². The van der Waals surface area contributed by atoms with Crippen LogP contribution in [0.15, 0.2) is 0 Å². The van der Waals surface area contributed by atoms with Crippen LogP contribution in [0.2, 0.25) is 0 Å². The Morgan fingerprint density at radius 2 is 1.73 bits per heavy atom. The summed E-state index contributed by atoms with van der Waals surface area (Å²) < 4.78 is 0. The molecule has 3 atom stereocenters. The van der Waals surface area contributed by atoms with Crippen molar-refractivity contribution in [1.29, 1.82) is 0 Å². The molecule has 11 heavy (non-hydrogen) atoms. The highest BCUT2D eigenvalue weighted by atomic mass is 14.6. The van der Waals surface area contributed by atoms with Crippen LogP contribution in [0, 0.1) is 17.8 Å². The molecule has 0 aromatic carbocycles. The third-order valence-corrected chi connectivity index (χ3v) is 3.25. The molecule has 0 amide bonds. The predicted molar refractivity (Wildman–Crippen MR) is 49.3 cm³/mol. The summed E-state index contributed by atoms with van der Waals surface area (Å²) >= 11 is 0. The van der Waals surface area contributed by atoms with E-state index in [1.165, 1.54) is 25.7 Å². The number of nitrogens with two attached hydrogens (primary N) is 1. The van der Waals surface area contributed by atoms with E-state index in [9.17, 15) is 0 Å². The van der Waals surface area contributed by atoms with Gasteiger partial charge in [0, 0.05) is 0 Å². The molecule has 1 aliphatic rings. The molecule has 1 aliphatic carbocycles. The highest BCUT2D eigenvalue weighted by Crippen LogP contribution is 2.30. The van der Waals surface area contributed by atoms with Crippen LogP contribution < -0.4 is 5.73 Å². The van der Waals surface area contributed by atoms with Crippen molar-refractivity contribution in [1.82, 2.24) is 0 Å². The first kappa shape index (κ1) is 9.05. The summed E-state index contributed by atoms with van der Waals surface area (Å²) in [4.78, 5) is 0. The van der Waals surface area contributed by atoms with Gasteiger partial charge in [-0.2, -0.15) is 0 Å². The lowest BCUT2D eigenvalue weighted by molar-refractivity contribution is 0.346. The van der Waals surface area contributed by atoms with E-state index >= 15 is 0 Å². The van der Waals surface area contributed by atoms with Crippen LogP contribution in [-0.4, -0.2) is 6.54 Å². The Bertz CT molecular complexity index is 111. The van der Waals surface area contributed by atoms with E-state index in [1.54, 1.807) is 0 Å². The highest BCUT2D eigenvalue weighted by Gasteiger charge is 2.20. The Balaban J connectivity index is 2.41. The molecule has 0 spiro atoms. The number of rotatable bonds is 1. The van der Waals surface area contributed by atoms with E-state index in [0.29, 0.717) is 0 Å². The Hall–Kier alpha value is -0.0400. The molecule has 2 N–H and O–H groups in total. The van der Waals surface area contributed by atoms with Gasteiger partial charge in [-0.3, -0.25) is 0 Å². The Kier molecular flexibility index (Phi) is 3.38. The van der Waals surface area contributed by atoms with Gasteiger partial charge in [-0.25, -0.2) is 0 Å².